The smallest absolute Gasteiger partial charge is 0.479 e. The highest BCUT2D eigenvalue weighted by Gasteiger charge is 2.32. The van der Waals surface area contributed by atoms with Crippen molar-refractivity contribution >= 4 is 45.9 Å². The van der Waals surface area contributed by atoms with Crippen LogP contribution in [-0.2, 0) is 4.79 Å². The molecular weight excluding hydrogens is 534 g/mol. The number of ether oxygens (including phenoxy) is 2. The lowest BCUT2D eigenvalue weighted by atomic mass is 10.0. The number of hydrogen-bond acceptors (Lipinski definition) is 4. The van der Waals surface area contributed by atoms with Crippen LogP contribution in [0, 0.1) is 6.92 Å². The van der Waals surface area contributed by atoms with Gasteiger partial charge in [-0.15, -0.1) is 13.2 Å². The number of halogens is 5. The van der Waals surface area contributed by atoms with Crippen molar-refractivity contribution in [2.75, 3.05) is 0 Å². The van der Waals surface area contributed by atoms with Gasteiger partial charge in [0.25, 0.3) is 0 Å². The minimum atomic E-state index is -4.93. The van der Waals surface area contributed by atoms with Crippen molar-refractivity contribution in [1.82, 2.24) is 4.57 Å². The molecule has 0 aliphatic rings. The van der Waals surface area contributed by atoms with E-state index in [0.717, 1.165) is 12.1 Å². The molecule has 6 nitrogen and oxygen atoms in total. The van der Waals surface area contributed by atoms with E-state index in [4.69, 9.17) is 27.9 Å². The Morgan fingerprint density at radius 1 is 0.973 bits per heavy atom. The lowest BCUT2D eigenvalue weighted by molar-refractivity contribution is -0.274. The van der Waals surface area contributed by atoms with Gasteiger partial charge in [-0.3, -0.25) is 4.79 Å². The van der Waals surface area contributed by atoms with Crippen LogP contribution in [0.3, 0.4) is 0 Å². The zero-order valence-electron chi connectivity index (χ0n) is 19.3. The minimum absolute atomic E-state index is 0.156. The Hall–Kier alpha value is -3.69. The van der Waals surface area contributed by atoms with Crippen molar-refractivity contribution in [3.8, 4) is 17.2 Å². The van der Waals surface area contributed by atoms with Crippen LogP contribution in [0.1, 0.15) is 28.5 Å². The maximum Gasteiger partial charge on any atom is 0.573 e. The van der Waals surface area contributed by atoms with E-state index in [1.54, 1.807) is 31.2 Å². The highest BCUT2D eigenvalue weighted by Crippen LogP contribution is 2.37. The Morgan fingerprint density at radius 3 is 2.24 bits per heavy atom. The quantitative estimate of drug-likeness (QED) is 0.245. The van der Waals surface area contributed by atoms with Gasteiger partial charge < -0.3 is 19.1 Å². The number of carboxylic acids is 1. The number of carboxylic acid groups (broad SMARTS) is 1. The standard InChI is InChI=1S/C26H18Cl2F3NO5/c1-13-23(24(33)15-3-5-16(27)6-4-15)19-9-7-18(37-26(29,30)31)12-21(19)32(13)22-11-17(8-10-20(22)28)36-14(2)25(34)35/h3-12,14H,1-2H3,(H,34,35)/t14-/m0/s1. The molecule has 4 rings (SSSR count). The molecule has 0 saturated carbocycles. The van der Waals surface area contributed by atoms with Crippen LogP contribution in [-0.4, -0.2) is 33.9 Å². The maximum absolute atomic E-state index is 13.5. The van der Waals surface area contributed by atoms with E-state index in [1.165, 1.54) is 35.8 Å². The molecule has 11 heteroatoms. The maximum atomic E-state index is 13.5. The zero-order valence-corrected chi connectivity index (χ0v) is 20.8. The second kappa shape index (κ2) is 9.99. The van der Waals surface area contributed by atoms with Crippen LogP contribution in [0.15, 0.2) is 60.7 Å². The first-order valence-corrected chi connectivity index (χ1v) is 11.5. The molecule has 1 atom stereocenters. The number of fused-ring (bicyclic) bond motifs is 1. The summed E-state index contributed by atoms with van der Waals surface area (Å²) >= 11 is 12.4. The average Bonchev–Trinajstić information content (AvgIpc) is 3.10. The summed E-state index contributed by atoms with van der Waals surface area (Å²) in [5.41, 5.74) is 1.41. The first kappa shape index (κ1) is 26.4. The molecule has 1 N–H and O–H groups in total. The number of alkyl halides is 3. The molecule has 192 valence electrons. The second-order valence-corrected chi connectivity index (χ2v) is 8.91. The third kappa shape index (κ3) is 5.52. The normalized spacial score (nSPS) is 12.4. The highest BCUT2D eigenvalue weighted by molar-refractivity contribution is 6.32. The minimum Gasteiger partial charge on any atom is -0.479 e. The fraction of sp³-hybridized carbons (Fsp3) is 0.154. The summed E-state index contributed by atoms with van der Waals surface area (Å²) in [4.78, 5) is 24.8. The van der Waals surface area contributed by atoms with Crippen LogP contribution < -0.4 is 9.47 Å². The SMILES string of the molecule is Cc1c(C(=O)c2ccc(Cl)cc2)c2ccc(OC(F)(F)F)cc2n1-c1cc(O[C@@H](C)C(=O)O)ccc1Cl. The van der Waals surface area contributed by atoms with Gasteiger partial charge in [0.2, 0.25) is 0 Å². The number of rotatable bonds is 7. The predicted molar refractivity (Wildman–Crippen MR) is 132 cm³/mol. The Balaban J connectivity index is 1.96. The number of ketones is 1. The van der Waals surface area contributed by atoms with E-state index in [2.05, 4.69) is 4.74 Å². The number of benzene rings is 3. The van der Waals surface area contributed by atoms with E-state index >= 15 is 0 Å². The average molecular weight is 552 g/mol. The summed E-state index contributed by atoms with van der Waals surface area (Å²) in [6, 6.07) is 14.2. The number of nitrogens with zero attached hydrogens (tertiary/aromatic N) is 1. The van der Waals surface area contributed by atoms with E-state index in [9.17, 15) is 27.9 Å². The van der Waals surface area contributed by atoms with Gasteiger partial charge in [0.05, 0.1) is 21.8 Å². The summed E-state index contributed by atoms with van der Waals surface area (Å²) in [6.45, 7) is 2.97. The van der Waals surface area contributed by atoms with E-state index < -0.39 is 24.2 Å². The van der Waals surface area contributed by atoms with Crippen LogP contribution in [0.25, 0.3) is 16.6 Å². The lowest BCUT2D eigenvalue weighted by Gasteiger charge is -2.15. The van der Waals surface area contributed by atoms with Gasteiger partial charge in [-0.25, -0.2) is 4.79 Å². The van der Waals surface area contributed by atoms with Crippen molar-refractivity contribution < 1.29 is 37.3 Å². The van der Waals surface area contributed by atoms with Crippen LogP contribution >= 0.6 is 23.2 Å². The van der Waals surface area contributed by atoms with Crippen molar-refractivity contribution in [1.29, 1.82) is 0 Å². The third-order valence-corrected chi connectivity index (χ3v) is 6.13. The monoisotopic (exact) mass is 551 g/mol. The third-order valence-electron chi connectivity index (χ3n) is 5.56. The van der Waals surface area contributed by atoms with Gasteiger partial charge in [-0.1, -0.05) is 23.2 Å². The molecule has 0 fully saturated rings. The number of aliphatic carboxylic acids is 1. The van der Waals surface area contributed by atoms with E-state index in [-0.39, 0.29) is 33.3 Å². The van der Waals surface area contributed by atoms with Gasteiger partial charge in [0, 0.05) is 33.8 Å². The molecule has 0 aliphatic carbocycles. The molecule has 0 radical (unpaired) electrons. The number of carbonyl (C=O) groups excluding carboxylic acids is 1. The van der Waals surface area contributed by atoms with Gasteiger partial charge >= 0.3 is 12.3 Å². The topological polar surface area (TPSA) is 77.8 Å². The Labute approximate surface area is 218 Å². The second-order valence-electron chi connectivity index (χ2n) is 8.07. The number of aromatic nitrogens is 1. The fourth-order valence-corrected chi connectivity index (χ4v) is 4.25. The molecule has 0 unspecified atom stereocenters. The van der Waals surface area contributed by atoms with Crippen LogP contribution in [0.2, 0.25) is 10.0 Å². The van der Waals surface area contributed by atoms with Gasteiger partial charge in [0.1, 0.15) is 11.5 Å². The molecule has 1 aromatic heterocycles. The van der Waals surface area contributed by atoms with Crippen molar-refractivity contribution in [3.05, 3.63) is 87.5 Å². The Bertz CT molecular complexity index is 1510. The van der Waals surface area contributed by atoms with Crippen LogP contribution in [0.5, 0.6) is 11.5 Å². The molecule has 4 aromatic rings. The van der Waals surface area contributed by atoms with E-state index in [1.807, 2.05) is 0 Å². The molecule has 37 heavy (non-hydrogen) atoms. The summed E-state index contributed by atoms with van der Waals surface area (Å²) in [5.74, 6) is -1.91. The summed E-state index contributed by atoms with van der Waals surface area (Å²) in [6.07, 6.45) is -6.11. The largest absolute Gasteiger partial charge is 0.573 e. The first-order valence-electron chi connectivity index (χ1n) is 10.8. The molecule has 3 aromatic carbocycles. The zero-order chi connectivity index (χ0) is 27.1. The van der Waals surface area contributed by atoms with Crippen molar-refractivity contribution in [2.24, 2.45) is 0 Å². The summed E-state index contributed by atoms with van der Waals surface area (Å²) < 4.78 is 49.9. The lowest BCUT2D eigenvalue weighted by Crippen LogP contribution is -2.22. The number of carbonyl (C=O) groups is 2. The van der Waals surface area contributed by atoms with E-state index in [0.29, 0.717) is 21.7 Å². The molecule has 0 spiro atoms. The molecule has 1 heterocycles. The molecule has 0 saturated heterocycles. The summed E-state index contributed by atoms with van der Waals surface area (Å²) in [7, 11) is 0. The molecule has 0 aliphatic heterocycles. The Morgan fingerprint density at radius 2 is 1.62 bits per heavy atom. The molecule has 0 amide bonds. The van der Waals surface area contributed by atoms with Gasteiger partial charge in [-0.05, 0) is 62.4 Å². The number of hydrogen-bond donors (Lipinski definition) is 1. The predicted octanol–water partition coefficient (Wildman–Crippen LogP) is 7.23. The van der Waals surface area contributed by atoms with Crippen LogP contribution in [0.4, 0.5) is 13.2 Å². The first-order chi connectivity index (χ1) is 17.4. The fourth-order valence-electron chi connectivity index (χ4n) is 3.93. The van der Waals surface area contributed by atoms with Gasteiger partial charge in [-0.2, -0.15) is 0 Å². The van der Waals surface area contributed by atoms with Crippen molar-refractivity contribution in [2.45, 2.75) is 26.3 Å². The molecule has 0 bridgehead atoms. The summed E-state index contributed by atoms with van der Waals surface area (Å²) in [5, 5.41) is 10.1. The molecular formula is C26H18Cl2F3NO5. The van der Waals surface area contributed by atoms with Crippen molar-refractivity contribution in [3.63, 3.8) is 0 Å². The van der Waals surface area contributed by atoms with Gasteiger partial charge in [0.15, 0.2) is 11.9 Å². The Kier molecular flexibility index (Phi) is 7.12. The highest BCUT2D eigenvalue weighted by atomic mass is 35.5.